The van der Waals surface area contributed by atoms with Crippen LogP contribution in [0, 0.1) is 0 Å². The fraction of sp³-hybridized carbons (Fsp3) is 0.167. The van der Waals surface area contributed by atoms with E-state index in [9.17, 15) is 13.2 Å². The van der Waals surface area contributed by atoms with Crippen LogP contribution in [0.1, 0.15) is 23.6 Å². The molecule has 3 aromatic rings. The van der Waals surface area contributed by atoms with Gasteiger partial charge in [-0.05, 0) is 47.9 Å². The van der Waals surface area contributed by atoms with Crippen LogP contribution >= 0.6 is 0 Å². The number of hydrogen-bond donors (Lipinski definition) is 1. The SMILES string of the molecule is C=C(C)c1ccc(CN(Cc2cccc(OCC(=O)O)c2)S(=O)(=O)c2cccnc2)cc1. The van der Waals surface area contributed by atoms with E-state index in [-0.39, 0.29) is 18.0 Å². The fourth-order valence-electron chi connectivity index (χ4n) is 3.06. The van der Waals surface area contributed by atoms with Crippen molar-refractivity contribution in [3.8, 4) is 5.75 Å². The van der Waals surface area contributed by atoms with Crippen LogP contribution in [0.25, 0.3) is 5.57 Å². The topological polar surface area (TPSA) is 96.8 Å². The number of benzene rings is 2. The Hall–Kier alpha value is -3.49. The Bertz CT molecular complexity index is 1190. The van der Waals surface area contributed by atoms with Crippen LogP contribution in [0.2, 0.25) is 0 Å². The van der Waals surface area contributed by atoms with Crippen LogP contribution in [-0.2, 0) is 27.9 Å². The van der Waals surface area contributed by atoms with Gasteiger partial charge in [-0.1, -0.05) is 48.6 Å². The van der Waals surface area contributed by atoms with E-state index >= 15 is 0 Å². The monoisotopic (exact) mass is 452 g/mol. The predicted octanol–water partition coefficient (Wildman–Crippen LogP) is 3.97. The number of rotatable bonds is 10. The second kappa shape index (κ2) is 10.2. The molecule has 0 aliphatic heterocycles. The number of ether oxygens (including phenoxy) is 1. The van der Waals surface area contributed by atoms with Gasteiger partial charge in [-0.2, -0.15) is 4.31 Å². The second-order valence-corrected chi connectivity index (χ2v) is 9.21. The zero-order chi connectivity index (χ0) is 23.1. The van der Waals surface area contributed by atoms with Gasteiger partial charge in [0.25, 0.3) is 0 Å². The van der Waals surface area contributed by atoms with E-state index in [2.05, 4.69) is 11.6 Å². The van der Waals surface area contributed by atoms with Gasteiger partial charge in [0.2, 0.25) is 10.0 Å². The Labute approximate surface area is 187 Å². The highest BCUT2D eigenvalue weighted by atomic mass is 32.2. The molecule has 0 bridgehead atoms. The summed E-state index contributed by atoms with van der Waals surface area (Å²) in [5.74, 6) is -0.733. The number of aromatic nitrogens is 1. The van der Waals surface area contributed by atoms with Crippen molar-refractivity contribution in [2.24, 2.45) is 0 Å². The molecule has 0 fully saturated rings. The maximum Gasteiger partial charge on any atom is 0.341 e. The van der Waals surface area contributed by atoms with E-state index in [0.29, 0.717) is 11.3 Å². The lowest BCUT2D eigenvalue weighted by molar-refractivity contribution is -0.139. The molecule has 1 aromatic heterocycles. The highest BCUT2D eigenvalue weighted by Gasteiger charge is 2.25. The first-order valence-corrected chi connectivity index (χ1v) is 11.3. The Morgan fingerprint density at radius 1 is 1.06 bits per heavy atom. The van der Waals surface area contributed by atoms with Crippen LogP contribution in [0.5, 0.6) is 5.75 Å². The van der Waals surface area contributed by atoms with E-state index in [4.69, 9.17) is 9.84 Å². The van der Waals surface area contributed by atoms with Gasteiger partial charge in [0.05, 0.1) is 0 Å². The normalized spacial score (nSPS) is 11.3. The summed E-state index contributed by atoms with van der Waals surface area (Å²) < 4.78 is 33.3. The Morgan fingerprint density at radius 3 is 2.41 bits per heavy atom. The summed E-state index contributed by atoms with van der Waals surface area (Å²) in [6.07, 6.45) is 2.84. The first-order chi connectivity index (χ1) is 15.3. The quantitative estimate of drug-likeness (QED) is 0.500. The zero-order valence-corrected chi connectivity index (χ0v) is 18.5. The van der Waals surface area contributed by atoms with E-state index in [1.807, 2.05) is 31.2 Å². The molecular weight excluding hydrogens is 428 g/mol. The summed E-state index contributed by atoms with van der Waals surface area (Å²) in [7, 11) is -3.84. The molecule has 0 atom stereocenters. The van der Waals surface area contributed by atoms with Crippen molar-refractivity contribution in [2.75, 3.05) is 6.61 Å². The minimum atomic E-state index is -3.84. The lowest BCUT2D eigenvalue weighted by atomic mass is 10.1. The first-order valence-electron chi connectivity index (χ1n) is 9.84. The number of aliphatic carboxylic acids is 1. The summed E-state index contributed by atoms with van der Waals surface area (Å²) in [6, 6.07) is 17.4. The van der Waals surface area contributed by atoms with Crippen molar-refractivity contribution in [1.82, 2.24) is 9.29 Å². The van der Waals surface area contributed by atoms with Crippen molar-refractivity contribution in [1.29, 1.82) is 0 Å². The van der Waals surface area contributed by atoms with Gasteiger partial charge in [0, 0.05) is 25.5 Å². The Balaban J connectivity index is 1.91. The molecule has 1 heterocycles. The Morgan fingerprint density at radius 2 is 1.78 bits per heavy atom. The maximum atomic E-state index is 13.4. The molecule has 0 saturated carbocycles. The maximum absolute atomic E-state index is 13.4. The number of carbonyl (C=O) groups is 1. The summed E-state index contributed by atoms with van der Waals surface area (Å²) in [6.45, 7) is 5.58. The largest absolute Gasteiger partial charge is 0.482 e. The molecule has 0 aliphatic carbocycles. The second-order valence-electron chi connectivity index (χ2n) is 7.27. The van der Waals surface area contributed by atoms with E-state index in [0.717, 1.165) is 16.7 Å². The molecule has 32 heavy (non-hydrogen) atoms. The van der Waals surface area contributed by atoms with Crippen LogP contribution < -0.4 is 4.74 Å². The third-order valence-corrected chi connectivity index (χ3v) is 6.47. The molecule has 8 heteroatoms. The van der Waals surface area contributed by atoms with Crippen molar-refractivity contribution in [3.05, 3.63) is 96.3 Å². The van der Waals surface area contributed by atoms with Crippen molar-refractivity contribution < 1.29 is 23.1 Å². The number of allylic oxidation sites excluding steroid dienone is 1. The van der Waals surface area contributed by atoms with Gasteiger partial charge in [-0.25, -0.2) is 13.2 Å². The molecule has 0 saturated heterocycles. The summed E-state index contributed by atoms with van der Waals surface area (Å²) in [5.41, 5.74) is 3.40. The van der Waals surface area contributed by atoms with Crippen LogP contribution in [0.4, 0.5) is 0 Å². The van der Waals surface area contributed by atoms with Gasteiger partial charge in [-0.3, -0.25) is 4.98 Å². The molecule has 7 nitrogen and oxygen atoms in total. The molecule has 2 aromatic carbocycles. The Kier molecular flexibility index (Phi) is 7.40. The molecule has 0 spiro atoms. The summed E-state index contributed by atoms with van der Waals surface area (Å²) in [5, 5.41) is 8.82. The fourth-order valence-corrected chi connectivity index (χ4v) is 4.44. The van der Waals surface area contributed by atoms with E-state index in [1.54, 1.807) is 30.3 Å². The van der Waals surface area contributed by atoms with Crippen molar-refractivity contribution in [2.45, 2.75) is 24.9 Å². The molecule has 3 rings (SSSR count). The van der Waals surface area contributed by atoms with E-state index in [1.165, 1.54) is 22.8 Å². The molecule has 1 N–H and O–H groups in total. The molecule has 0 unspecified atom stereocenters. The standard InChI is InChI=1S/C24H24N2O5S/c1-18(2)21-10-8-19(9-11-21)15-26(32(29,30)23-7-4-12-25-14-23)16-20-5-3-6-22(13-20)31-17-24(27)28/h3-14H,1,15-17H2,2H3,(H,27,28). The lowest BCUT2D eigenvalue weighted by Gasteiger charge is -2.23. The third-order valence-electron chi connectivity index (χ3n) is 4.70. The number of carboxylic acid groups (broad SMARTS) is 1. The van der Waals surface area contributed by atoms with E-state index < -0.39 is 22.6 Å². The third kappa shape index (κ3) is 6.03. The van der Waals surface area contributed by atoms with Gasteiger partial charge in [0.15, 0.2) is 6.61 Å². The van der Waals surface area contributed by atoms with Gasteiger partial charge < -0.3 is 9.84 Å². The highest BCUT2D eigenvalue weighted by molar-refractivity contribution is 7.89. The lowest BCUT2D eigenvalue weighted by Crippen LogP contribution is -2.30. The zero-order valence-electron chi connectivity index (χ0n) is 17.6. The number of hydrogen-bond acceptors (Lipinski definition) is 5. The number of nitrogens with zero attached hydrogens (tertiary/aromatic N) is 2. The summed E-state index contributed by atoms with van der Waals surface area (Å²) in [4.78, 5) is 14.8. The van der Waals surface area contributed by atoms with Gasteiger partial charge in [-0.15, -0.1) is 0 Å². The average Bonchev–Trinajstić information content (AvgIpc) is 2.78. The minimum Gasteiger partial charge on any atom is -0.482 e. The van der Waals surface area contributed by atoms with Gasteiger partial charge in [0.1, 0.15) is 10.6 Å². The number of pyridine rings is 1. The number of carboxylic acids is 1. The number of sulfonamides is 1. The summed E-state index contributed by atoms with van der Waals surface area (Å²) >= 11 is 0. The van der Waals surface area contributed by atoms with Crippen molar-refractivity contribution in [3.63, 3.8) is 0 Å². The average molecular weight is 453 g/mol. The molecule has 0 amide bonds. The van der Waals surface area contributed by atoms with Crippen LogP contribution in [0.15, 0.2) is 84.5 Å². The molecule has 166 valence electrons. The van der Waals surface area contributed by atoms with Crippen LogP contribution in [0.3, 0.4) is 0 Å². The van der Waals surface area contributed by atoms with Crippen LogP contribution in [-0.4, -0.2) is 35.4 Å². The molecule has 0 aliphatic rings. The van der Waals surface area contributed by atoms with Crippen molar-refractivity contribution >= 4 is 21.6 Å². The molecular formula is C24H24N2O5S. The minimum absolute atomic E-state index is 0.0732. The smallest absolute Gasteiger partial charge is 0.341 e. The predicted molar refractivity (Wildman–Crippen MR) is 121 cm³/mol. The highest BCUT2D eigenvalue weighted by Crippen LogP contribution is 2.23. The van der Waals surface area contributed by atoms with Gasteiger partial charge >= 0.3 is 5.97 Å². The molecule has 0 radical (unpaired) electrons. The first kappa shape index (κ1) is 23.2.